The highest BCUT2D eigenvalue weighted by Gasteiger charge is 2.44. The van der Waals surface area contributed by atoms with E-state index in [1.54, 1.807) is 7.11 Å². The summed E-state index contributed by atoms with van der Waals surface area (Å²) >= 11 is 3.47. The predicted molar refractivity (Wildman–Crippen MR) is 115 cm³/mol. The van der Waals surface area contributed by atoms with E-state index in [2.05, 4.69) is 62.5 Å². The molecule has 1 saturated carbocycles. The number of rotatable bonds is 7. The number of halogens is 1. The number of hydrogen-bond donors (Lipinski definition) is 1. The number of nitrogens with zero attached hydrogens (tertiary/aromatic N) is 1. The Morgan fingerprint density at radius 2 is 1.96 bits per heavy atom. The molecule has 2 fully saturated rings. The summed E-state index contributed by atoms with van der Waals surface area (Å²) in [5, 5.41) is 3.24. The fraction of sp³-hybridized carbons (Fsp3) is 0.435. The van der Waals surface area contributed by atoms with Crippen LogP contribution in [0.15, 0.2) is 53.0 Å². The van der Waals surface area contributed by atoms with Crippen molar-refractivity contribution in [3.8, 4) is 5.75 Å². The van der Waals surface area contributed by atoms with E-state index in [-0.39, 0.29) is 17.9 Å². The number of carbonyl (C=O) groups is 1. The van der Waals surface area contributed by atoms with Crippen molar-refractivity contribution in [3.63, 3.8) is 0 Å². The van der Waals surface area contributed by atoms with Gasteiger partial charge in [0.05, 0.1) is 13.2 Å². The largest absolute Gasteiger partial charge is 0.497 e. The molecule has 0 radical (unpaired) electrons. The fourth-order valence-electron chi connectivity index (χ4n) is 4.25. The monoisotopic (exact) mass is 442 g/mol. The summed E-state index contributed by atoms with van der Waals surface area (Å²) in [6.45, 7) is 2.82. The van der Waals surface area contributed by atoms with Crippen LogP contribution in [0.2, 0.25) is 0 Å². The van der Waals surface area contributed by atoms with Crippen molar-refractivity contribution in [1.29, 1.82) is 0 Å². The molecule has 1 N–H and O–H groups in total. The zero-order chi connectivity index (χ0) is 19.5. The predicted octanol–water partition coefficient (Wildman–Crippen LogP) is 4.51. The second kappa shape index (κ2) is 8.66. The topological polar surface area (TPSA) is 41.6 Å². The van der Waals surface area contributed by atoms with Gasteiger partial charge >= 0.3 is 0 Å². The molecule has 0 bridgehead atoms. The van der Waals surface area contributed by atoms with E-state index in [0.29, 0.717) is 12.5 Å². The maximum absolute atomic E-state index is 12.8. The maximum Gasteiger partial charge on any atom is 0.223 e. The molecule has 3 atom stereocenters. The molecule has 1 aliphatic heterocycles. The third kappa shape index (κ3) is 4.41. The molecule has 1 aliphatic carbocycles. The Balaban J connectivity index is 1.40. The van der Waals surface area contributed by atoms with Crippen molar-refractivity contribution in [2.45, 2.75) is 31.2 Å². The second-order valence-corrected chi connectivity index (χ2v) is 8.70. The van der Waals surface area contributed by atoms with Gasteiger partial charge in [-0.2, -0.15) is 0 Å². The van der Waals surface area contributed by atoms with Crippen LogP contribution in [0.25, 0.3) is 0 Å². The van der Waals surface area contributed by atoms with Crippen LogP contribution in [0.4, 0.5) is 0 Å². The van der Waals surface area contributed by atoms with Crippen LogP contribution in [-0.2, 0) is 4.79 Å². The summed E-state index contributed by atoms with van der Waals surface area (Å²) in [6.07, 6.45) is 3.40. The fourth-order valence-corrected chi connectivity index (χ4v) is 4.52. The van der Waals surface area contributed by atoms with E-state index in [9.17, 15) is 4.79 Å². The van der Waals surface area contributed by atoms with Gasteiger partial charge in [-0.1, -0.05) is 40.2 Å². The highest BCUT2D eigenvalue weighted by molar-refractivity contribution is 9.10. The minimum Gasteiger partial charge on any atom is -0.497 e. The molecular weight excluding hydrogens is 416 g/mol. The summed E-state index contributed by atoms with van der Waals surface area (Å²) < 4.78 is 6.48. The number of benzene rings is 2. The van der Waals surface area contributed by atoms with Crippen molar-refractivity contribution in [2.75, 3.05) is 26.7 Å². The van der Waals surface area contributed by atoms with Gasteiger partial charge in [0.2, 0.25) is 5.91 Å². The lowest BCUT2D eigenvalue weighted by molar-refractivity contribution is -0.122. The molecule has 3 unspecified atom stereocenters. The minimum atomic E-state index is 0.103. The number of amides is 1. The number of carbonyl (C=O) groups excluding carboxylic acids is 1. The average Bonchev–Trinajstić information content (AvgIpc) is 3.35. The zero-order valence-corrected chi connectivity index (χ0v) is 17.8. The normalized spacial score (nSPS) is 22.6. The number of likely N-dealkylation sites (tertiary alicyclic amines) is 1. The van der Waals surface area contributed by atoms with Gasteiger partial charge in [-0.3, -0.25) is 9.69 Å². The average molecular weight is 443 g/mol. The number of methoxy groups -OCH3 is 1. The van der Waals surface area contributed by atoms with Crippen LogP contribution < -0.4 is 10.1 Å². The van der Waals surface area contributed by atoms with Crippen LogP contribution in [-0.4, -0.2) is 37.6 Å². The van der Waals surface area contributed by atoms with Crippen LogP contribution in [0.3, 0.4) is 0 Å². The Hall–Kier alpha value is -1.85. The molecule has 4 nitrogen and oxygen atoms in total. The molecule has 28 heavy (non-hydrogen) atoms. The first kappa shape index (κ1) is 19.5. The summed E-state index contributed by atoms with van der Waals surface area (Å²) in [7, 11) is 1.70. The van der Waals surface area contributed by atoms with Crippen molar-refractivity contribution < 1.29 is 9.53 Å². The third-order valence-electron chi connectivity index (χ3n) is 5.96. The molecule has 2 aromatic carbocycles. The van der Waals surface area contributed by atoms with Crippen molar-refractivity contribution in [2.24, 2.45) is 5.92 Å². The Morgan fingerprint density at radius 1 is 1.21 bits per heavy atom. The van der Waals surface area contributed by atoms with Crippen LogP contribution in [0, 0.1) is 5.92 Å². The standard InChI is InChI=1S/C23H27BrN2O2/c1-28-19-6-4-5-17(13-19)22(26-11-2-3-12-26)15-25-23(27)21-14-20(21)16-7-9-18(24)10-8-16/h4-10,13,20-22H,2-3,11-12,14-15H2,1H3,(H,25,27). The molecule has 0 aromatic heterocycles. The Morgan fingerprint density at radius 3 is 2.68 bits per heavy atom. The van der Waals surface area contributed by atoms with E-state index in [4.69, 9.17) is 4.74 Å². The van der Waals surface area contributed by atoms with Gasteiger partial charge < -0.3 is 10.1 Å². The smallest absolute Gasteiger partial charge is 0.223 e. The highest BCUT2D eigenvalue weighted by Crippen LogP contribution is 2.47. The first-order valence-electron chi connectivity index (χ1n) is 10.1. The second-order valence-electron chi connectivity index (χ2n) is 7.78. The van der Waals surface area contributed by atoms with E-state index < -0.39 is 0 Å². The Kier molecular flexibility index (Phi) is 6.02. The van der Waals surface area contributed by atoms with Gasteiger partial charge in [0.25, 0.3) is 0 Å². The lowest BCUT2D eigenvalue weighted by Crippen LogP contribution is -2.37. The third-order valence-corrected chi connectivity index (χ3v) is 6.48. The molecule has 2 aliphatic rings. The molecule has 2 aromatic rings. The lowest BCUT2D eigenvalue weighted by atomic mass is 10.0. The molecule has 1 heterocycles. The first-order chi connectivity index (χ1) is 13.7. The van der Waals surface area contributed by atoms with Crippen molar-refractivity contribution in [3.05, 3.63) is 64.1 Å². The van der Waals surface area contributed by atoms with Crippen LogP contribution in [0.5, 0.6) is 5.75 Å². The molecule has 4 rings (SSSR count). The quantitative estimate of drug-likeness (QED) is 0.685. The number of ether oxygens (including phenoxy) is 1. The zero-order valence-electron chi connectivity index (χ0n) is 16.2. The summed E-state index contributed by atoms with van der Waals surface area (Å²) in [5.41, 5.74) is 2.47. The summed E-state index contributed by atoms with van der Waals surface area (Å²) in [4.78, 5) is 15.2. The lowest BCUT2D eigenvalue weighted by Gasteiger charge is -2.28. The van der Waals surface area contributed by atoms with E-state index >= 15 is 0 Å². The minimum absolute atomic E-state index is 0.103. The van der Waals surface area contributed by atoms with Gasteiger partial charge in [-0.15, -0.1) is 0 Å². The first-order valence-corrected chi connectivity index (χ1v) is 10.9. The van der Waals surface area contributed by atoms with Gasteiger partial charge in [-0.05, 0) is 73.7 Å². The Bertz CT molecular complexity index is 818. The molecule has 0 spiro atoms. The van der Waals surface area contributed by atoms with Crippen LogP contribution >= 0.6 is 15.9 Å². The Labute approximate surface area is 175 Å². The van der Waals surface area contributed by atoms with Crippen molar-refractivity contribution in [1.82, 2.24) is 10.2 Å². The van der Waals surface area contributed by atoms with Crippen molar-refractivity contribution >= 4 is 21.8 Å². The van der Waals surface area contributed by atoms with Gasteiger partial charge in [0.1, 0.15) is 5.75 Å². The van der Waals surface area contributed by atoms with E-state index in [0.717, 1.165) is 29.7 Å². The number of nitrogens with one attached hydrogen (secondary N) is 1. The summed E-state index contributed by atoms with van der Waals surface area (Å²) in [6, 6.07) is 16.8. The van der Waals surface area contributed by atoms with Gasteiger partial charge in [0.15, 0.2) is 0 Å². The molecule has 1 amide bonds. The van der Waals surface area contributed by atoms with E-state index in [1.165, 1.54) is 24.0 Å². The van der Waals surface area contributed by atoms with Crippen LogP contribution in [0.1, 0.15) is 42.3 Å². The molecule has 5 heteroatoms. The SMILES string of the molecule is COc1cccc(C(CNC(=O)C2CC2c2ccc(Br)cc2)N2CCCC2)c1. The molecular formula is C23H27BrN2O2. The molecule has 148 valence electrons. The maximum atomic E-state index is 12.8. The number of hydrogen-bond acceptors (Lipinski definition) is 3. The molecule has 1 saturated heterocycles. The summed E-state index contributed by atoms with van der Waals surface area (Å²) in [5.74, 6) is 1.51. The van der Waals surface area contributed by atoms with Gasteiger partial charge in [0, 0.05) is 16.9 Å². The van der Waals surface area contributed by atoms with E-state index in [1.807, 2.05) is 12.1 Å². The van der Waals surface area contributed by atoms with Gasteiger partial charge in [-0.25, -0.2) is 0 Å². The highest BCUT2D eigenvalue weighted by atomic mass is 79.9.